The number of carbonyl (C=O) groups is 1. The highest BCUT2D eigenvalue weighted by atomic mass is 16.5. The molecule has 2 heterocycles. The molecule has 2 aliphatic heterocycles. The zero-order valence-corrected chi connectivity index (χ0v) is 8.01. The Bertz CT molecular complexity index is 288. The number of hydrazine groups is 1. The number of nitrogens with zero attached hydrogens (tertiary/aromatic N) is 2. The fourth-order valence-corrected chi connectivity index (χ4v) is 1.64. The van der Waals surface area contributed by atoms with Crippen LogP contribution in [-0.4, -0.2) is 36.5 Å². The Morgan fingerprint density at radius 3 is 3.43 bits per heavy atom. The van der Waals surface area contributed by atoms with Crippen molar-refractivity contribution >= 4 is 12.2 Å². The molecule has 0 bridgehead atoms. The van der Waals surface area contributed by atoms with Crippen molar-refractivity contribution in [1.29, 1.82) is 0 Å². The van der Waals surface area contributed by atoms with Crippen LogP contribution < -0.4 is 5.43 Å². The zero-order valence-electron chi connectivity index (χ0n) is 8.01. The summed E-state index contributed by atoms with van der Waals surface area (Å²) in [7, 11) is 0. The first-order valence-corrected chi connectivity index (χ1v) is 4.71. The quantitative estimate of drug-likeness (QED) is 0.626. The summed E-state index contributed by atoms with van der Waals surface area (Å²) < 4.78 is 4.97. The molecule has 2 rings (SSSR count). The number of hydrogen-bond donors (Lipinski definition) is 1. The number of carbonyl (C=O) groups excluding carboxylic acids is 1. The first-order valence-electron chi connectivity index (χ1n) is 4.71. The molecule has 76 valence electrons. The van der Waals surface area contributed by atoms with Crippen molar-refractivity contribution in [1.82, 2.24) is 10.4 Å². The van der Waals surface area contributed by atoms with E-state index in [-0.39, 0.29) is 18.1 Å². The van der Waals surface area contributed by atoms with E-state index in [4.69, 9.17) is 4.74 Å². The summed E-state index contributed by atoms with van der Waals surface area (Å²) >= 11 is 0. The van der Waals surface area contributed by atoms with Crippen LogP contribution in [0.5, 0.6) is 0 Å². The Morgan fingerprint density at radius 1 is 1.79 bits per heavy atom. The van der Waals surface area contributed by atoms with Crippen molar-refractivity contribution in [3.8, 4) is 0 Å². The molecule has 14 heavy (non-hydrogen) atoms. The highest BCUT2D eigenvalue weighted by Gasteiger charge is 2.38. The first-order chi connectivity index (χ1) is 6.83. The van der Waals surface area contributed by atoms with Crippen molar-refractivity contribution in [2.45, 2.75) is 13.1 Å². The fraction of sp³-hybridized carbons (Fsp3) is 0.556. The van der Waals surface area contributed by atoms with Crippen LogP contribution in [-0.2, 0) is 9.53 Å². The van der Waals surface area contributed by atoms with E-state index in [1.807, 2.05) is 24.2 Å². The Balaban J connectivity index is 2.05. The minimum absolute atomic E-state index is 0.140. The summed E-state index contributed by atoms with van der Waals surface area (Å²) in [5, 5.41) is 1.83. The third-order valence-electron chi connectivity index (χ3n) is 2.30. The van der Waals surface area contributed by atoms with Crippen molar-refractivity contribution in [3.05, 3.63) is 12.3 Å². The van der Waals surface area contributed by atoms with Gasteiger partial charge in [-0.3, -0.25) is 14.8 Å². The van der Waals surface area contributed by atoms with Gasteiger partial charge in [-0.1, -0.05) is 0 Å². The molecule has 0 radical (unpaired) electrons. The molecule has 5 nitrogen and oxygen atoms in total. The second-order valence-electron chi connectivity index (χ2n) is 3.18. The van der Waals surface area contributed by atoms with Crippen LogP contribution in [0, 0.1) is 5.92 Å². The van der Waals surface area contributed by atoms with Crippen LogP contribution >= 0.6 is 0 Å². The summed E-state index contributed by atoms with van der Waals surface area (Å²) in [6, 6.07) is 0. The third kappa shape index (κ3) is 1.50. The number of rotatable bonds is 2. The predicted octanol–water partition coefficient (Wildman–Crippen LogP) is -0.0899. The first kappa shape index (κ1) is 9.21. The van der Waals surface area contributed by atoms with E-state index in [0.29, 0.717) is 13.2 Å². The molecule has 1 saturated heterocycles. The van der Waals surface area contributed by atoms with Gasteiger partial charge in [-0.2, -0.15) is 0 Å². The molecule has 1 N–H and O–H groups in total. The number of aliphatic imine (C=N–C) groups is 1. The molecule has 2 aliphatic rings. The van der Waals surface area contributed by atoms with Crippen LogP contribution in [0.2, 0.25) is 0 Å². The van der Waals surface area contributed by atoms with Crippen LogP contribution in [0.4, 0.5) is 0 Å². The summed E-state index contributed by atoms with van der Waals surface area (Å²) in [4.78, 5) is 15.7. The largest absolute Gasteiger partial charge is 0.466 e. The molecule has 0 saturated carbocycles. The topological polar surface area (TPSA) is 53.9 Å². The Hall–Kier alpha value is -1.36. The molecule has 2 atom stereocenters. The minimum Gasteiger partial charge on any atom is -0.466 e. The van der Waals surface area contributed by atoms with E-state index in [2.05, 4.69) is 10.4 Å². The molecular formula is C9H13N3O2. The Kier molecular flexibility index (Phi) is 2.49. The molecule has 5 heteroatoms. The summed E-state index contributed by atoms with van der Waals surface area (Å²) in [5.74, 6) is -0.379. The third-order valence-corrected chi connectivity index (χ3v) is 2.30. The van der Waals surface area contributed by atoms with Gasteiger partial charge in [0.2, 0.25) is 0 Å². The summed E-state index contributed by atoms with van der Waals surface area (Å²) in [6.45, 7) is 2.81. The molecule has 0 aliphatic carbocycles. The SMILES string of the molecule is CCOC(=O)C1CNN2C=CC=NC12. The lowest BCUT2D eigenvalue weighted by Crippen LogP contribution is -2.35. The van der Waals surface area contributed by atoms with Gasteiger partial charge in [0, 0.05) is 19.0 Å². The highest BCUT2D eigenvalue weighted by Crippen LogP contribution is 2.20. The zero-order chi connectivity index (χ0) is 9.97. The van der Waals surface area contributed by atoms with Gasteiger partial charge >= 0.3 is 5.97 Å². The molecule has 0 spiro atoms. The average Bonchev–Trinajstić information content (AvgIpc) is 2.61. The number of nitrogens with one attached hydrogen (secondary N) is 1. The van der Waals surface area contributed by atoms with Gasteiger partial charge in [0.05, 0.1) is 6.61 Å². The second kappa shape index (κ2) is 3.79. The van der Waals surface area contributed by atoms with Crippen molar-refractivity contribution in [3.63, 3.8) is 0 Å². The van der Waals surface area contributed by atoms with E-state index in [1.165, 1.54) is 0 Å². The lowest BCUT2D eigenvalue weighted by atomic mass is 10.1. The lowest BCUT2D eigenvalue weighted by Gasteiger charge is -2.22. The standard InChI is InChI=1S/C9H13N3O2/c1-2-14-9(13)7-6-11-12-5-3-4-10-8(7)12/h3-5,7-8,11H,2,6H2,1H3. The van der Waals surface area contributed by atoms with Gasteiger partial charge in [0.1, 0.15) is 12.1 Å². The van der Waals surface area contributed by atoms with E-state index in [0.717, 1.165) is 0 Å². The monoisotopic (exact) mass is 195 g/mol. The Morgan fingerprint density at radius 2 is 2.64 bits per heavy atom. The lowest BCUT2D eigenvalue weighted by molar-refractivity contribution is -0.148. The molecule has 0 aromatic carbocycles. The highest BCUT2D eigenvalue weighted by molar-refractivity contribution is 5.76. The maximum atomic E-state index is 11.5. The molecule has 0 aromatic rings. The number of allylic oxidation sites excluding steroid dienone is 1. The van der Waals surface area contributed by atoms with Gasteiger partial charge in [-0.05, 0) is 13.0 Å². The fourth-order valence-electron chi connectivity index (χ4n) is 1.64. The molecule has 2 unspecified atom stereocenters. The van der Waals surface area contributed by atoms with E-state index < -0.39 is 0 Å². The molecule has 0 aromatic heterocycles. The average molecular weight is 195 g/mol. The van der Waals surface area contributed by atoms with E-state index in [9.17, 15) is 4.79 Å². The molecular weight excluding hydrogens is 182 g/mol. The minimum atomic E-state index is -0.198. The smallest absolute Gasteiger partial charge is 0.314 e. The van der Waals surface area contributed by atoms with E-state index >= 15 is 0 Å². The number of fused-ring (bicyclic) bond motifs is 1. The van der Waals surface area contributed by atoms with Crippen molar-refractivity contribution in [2.24, 2.45) is 10.9 Å². The number of esters is 1. The van der Waals surface area contributed by atoms with Gasteiger partial charge in [0.15, 0.2) is 0 Å². The van der Waals surface area contributed by atoms with E-state index in [1.54, 1.807) is 6.21 Å². The van der Waals surface area contributed by atoms with Crippen LogP contribution in [0.3, 0.4) is 0 Å². The summed E-state index contributed by atoms with van der Waals surface area (Å²) in [5.41, 5.74) is 3.08. The van der Waals surface area contributed by atoms with Gasteiger partial charge in [-0.15, -0.1) is 0 Å². The maximum Gasteiger partial charge on any atom is 0.314 e. The second-order valence-corrected chi connectivity index (χ2v) is 3.18. The van der Waals surface area contributed by atoms with Crippen LogP contribution in [0.25, 0.3) is 0 Å². The predicted molar refractivity (Wildman–Crippen MR) is 51.4 cm³/mol. The number of hydrogen-bond acceptors (Lipinski definition) is 5. The molecule has 0 amide bonds. The van der Waals surface area contributed by atoms with Gasteiger partial charge in [0.25, 0.3) is 0 Å². The van der Waals surface area contributed by atoms with Crippen LogP contribution in [0.15, 0.2) is 17.3 Å². The maximum absolute atomic E-state index is 11.5. The molecule has 1 fully saturated rings. The normalized spacial score (nSPS) is 29.1. The van der Waals surface area contributed by atoms with Gasteiger partial charge in [-0.25, -0.2) is 5.43 Å². The number of ether oxygens (including phenoxy) is 1. The summed E-state index contributed by atoms with van der Waals surface area (Å²) in [6.07, 6.45) is 5.27. The van der Waals surface area contributed by atoms with Gasteiger partial charge < -0.3 is 4.74 Å². The van der Waals surface area contributed by atoms with Crippen LogP contribution in [0.1, 0.15) is 6.92 Å². The Labute approximate surface area is 82.4 Å². The van der Waals surface area contributed by atoms with Crippen molar-refractivity contribution < 1.29 is 9.53 Å². The van der Waals surface area contributed by atoms with Crippen molar-refractivity contribution in [2.75, 3.05) is 13.2 Å².